The van der Waals surface area contributed by atoms with Gasteiger partial charge in [0.15, 0.2) is 12.1 Å². The van der Waals surface area contributed by atoms with Crippen LogP contribution in [0.25, 0.3) is 0 Å². The summed E-state index contributed by atoms with van der Waals surface area (Å²) in [5, 5.41) is 69.4. The molecule has 4 aliphatic heterocycles. The maximum Gasteiger partial charge on any atom is 0.330 e. The minimum atomic E-state index is -2.05. The van der Waals surface area contributed by atoms with Gasteiger partial charge in [-0.25, -0.2) is 9.59 Å². The number of aliphatic hydroxyl groups is 6. The molecule has 16 nitrogen and oxygen atoms in total. The fraction of sp³-hybridized carbons (Fsp3) is 0.657. The first-order valence-corrected chi connectivity index (χ1v) is 17.3. The number of rotatable bonds is 5. The van der Waals surface area contributed by atoms with Crippen LogP contribution in [-0.2, 0) is 28.5 Å². The number of aliphatic hydroxyl groups excluding tert-OH is 5. The number of cyclic esters (lactones) is 1. The Morgan fingerprint density at radius 3 is 2.51 bits per heavy atom. The van der Waals surface area contributed by atoms with Crippen molar-refractivity contribution in [2.45, 2.75) is 131 Å². The second-order valence-electron chi connectivity index (χ2n) is 13.5. The van der Waals surface area contributed by atoms with E-state index in [4.69, 9.17) is 29.4 Å². The van der Waals surface area contributed by atoms with Crippen LogP contribution in [0.15, 0.2) is 60.8 Å². The lowest BCUT2D eigenvalue weighted by Gasteiger charge is -2.46. The molecule has 3 saturated heterocycles. The molecule has 0 aromatic rings. The van der Waals surface area contributed by atoms with Crippen molar-refractivity contribution in [1.29, 1.82) is 0 Å². The summed E-state index contributed by atoms with van der Waals surface area (Å²) >= 11 is 0. The Labute approximate surface area is 297 Å². The van der Waals surface area contributed by atoms with Gasteiger partial charge in [0.25, 0.3) is 0 Å². The lowest BCUT2D eigenvalue weighted by Crippen LogP contribution is -2.63. The van der Waals surface area contributed by atoms with Crippen molar-refractivity contribution < 1.29 is 63.9 Å². The van der Waals surface area contributed by atoms with E-state index in [1.165, 1.54) is 13.0 Å². The van der Waals surface area contributed by atoms with Crippen molar-refractivity contribution in [1.82, 2.24) is 10.6 Å². The summed E-state index contributed by atoms with van der Waals surface area (Å²) in [5.74, 6) is -2.57. The number of fused-ring (bicyclic) bond motifs is 3. The Bertz CT molecular complexity index is 1290. The molecule has 2 amide bonds. The van der Waals surface area contributed by atoms with Crippen LogP contribution in [0.3, 0.4) is 0 Å². The Kier molecular flexibility index (Phi) is 15.3. The third kappa shape index (κ3) is 13.2. The fourth-order valence-corrected chi connectivity index (χ4v) is 6.06. The molecule has 0 spiro atoms. The van der Waals surface area contributed by atoms with Crippen molar-refractivity contribution >= 4 is 12.0 Å². The maximum absolute atomic E-state index is 12.8. The zero-order chi connectivity index (χ0) is 37.1. The Hall–Kier alpha value is -3.00. The van der Waals surface area contributed by atoms with Gasteiger partial charge < -0.3 is 70.7 Å². The van der Waals surface area contributed by atoms with Gasteiger partial charge >= 0.3 is 12.0 Å². The molecule has 0 saturated carbocycles. The highest BCUT2D eigenvalue weighted by Gasteiger charge is 2.49. The number of epoxide rings is 1. The first-order chi connectivity index (χ1) is 24.2. The molecule has 0 radical (unpaired) electrons. The summed E-state index contributed by atoms with van der Waals surface area (Å²) < 4.78 is 28.8. The average molecular weight is 724 g/mol. The van der Waals surface area contributed by atoms with Crippen molar-refractivity contribution in [3.05, 3.63) is 60.8 Å². The standard InChI is InChI=1S/C35H53N3O13/c1-20(39)18-37-34(45)38-31-24(41)17-35(46)16-22(40)14-27-26(50-27)12-13-29(43)48-21(2)10-8-6-4-3-5-7-9-11-23(15-28(31)51-35)49-33-32(44)30(36)25(42)19-47-33/h3-9,11-13,20-28,30-33,39-42,44,46H,10,14-19,36H2,1-2H3,(H2,37,38,45)/b4-3+,7-5+,8-6+,11-9+,13-12+/t20-,21+,22?,23?,24-,25+,26+,27+,28-,30-,31?,32-,33?,35?/m0/s1. The molecular formula is C35H53N3O13. The number of carbonyl (C=O) groups excluding carboxylic acids is 2. The first kappa shape index (κ1) is 40.8. The van der Waals surface area contributed by atoms with Crippen molar-refractivity contribution in [3.63, 3.8) is 0 Å². The number of hydrogen-bond acceptors (Lipinski definition) is 14. The SMILES string of the molecule is C[C@H](O)CNC(=O)NC1[C@@H]2CC(OC3OC[C@@H](O)[C@H](N)[C@@H]3O)/C=C/C=C/C=C/C=C/C[C@@H](C)OC(=O)/C=C/[C@H]3O[C@@H]3CC(O)CC(O)(C[C@@H]1O)O2. The molecule has 4 rings (SSSR count). The summed E-state index contributed by atoms with van der Waals surface area (Å²) in [7, 11) is 0. The number of hydrogen-bond donors (Lipinski definition) is 9. The third-order valence-corrected chi connectivity index (χ3v) is 8.80. The van der Waals surface area contributed by atoms with Crippen LogP contribution in [-0.4, -0.2) is 141 Å². The van der Waals surface area contributed by atoms with Crippen LogP contribution < -0.4 is 16.4 Å². The van der Waals surface area contributed by atoms with E-state index in [9.17, 15) is 40.2 Å². The van der Waals surface area contributed by atoms with Gasteiger partial charge in [0.2, 0.25) is 0 Å². The van der Waals surface area contributed by atoms with Gasteiger partial charge in [0.1, 0.15) is 18.3 Å². The minimum absolute atomic E-state index is 0.0654. The highest BCUT2D eigenvalue weighted by molar-refractivity contribution is 5.82. The number of nitrogens with one attached hydrogen (secondary N) is 2. The van der Waals surface area contributed by atoms with Crippen LogP contribution in [0.1, 0.15) is 46.0 Å². The largest absolute Gasteiger partial charge is 0.459 e. The van der Waals surface area contributed by atoms with Gasteiger partial charge in [-0.3, -0.25) is 0 Å². The zero-order valence-electron chi connectivity index (χ0n) is 28.8. The highest BCUT2D eigenvalue weighted by atomic mass is 16.7. The second kappa shape index (κ2) is 19.2. The van der Waals surface area contributed by atoms with E-state index in [-0.39, 0.29) is 44.9 Å². The van der Waals surface area contributed by atoms with Gasteiger partial charge in [0.05, 0.1) is 61.4 Å². The van der Waals surface area contributed by atoms with Gasteiger partial charge in [-0.15, -0.1) is 0 Å². The molecular weight excluding hydrogens is 670 g/mol. The quantitative estimate of drug-likeness (QED) is 0.123. The molecule has 2 bridgehead atoms. The van der Waals surface area contributed by atoms with E-state index >= 15 is 0 Å². The van der Waals surface area contributed by atoms with E-state index in [2.05, 4.69) is 10.6 Å². The van der Waals surface area contributed by atoms with E-state index < -0.39 is 91.1 Å². The maximum atomic E-state index is 12.8. The molecule has 4 heterocycles. The topological polar surface area (TPSA) is 255 Å². The number of esters is 1. The molecule has 4 aliphatic rings. The average Bonchev–Trinajstić information content (AvgIpc) is 3.80. The molecule has 3 fully saturated rings. The van der Waals surface area contributed by atoms with Gasteiger partial charge in [-0.05, 0) is 19.9 Å². The highest BCUT2D eigenvalue weighted by Crippen LogP contribution is 2.36. The van der Waals surface area contributed by atoms with Crippen molar-refractivity contribution in [2.75, 3.05) is 13.2 Å². The smallest absolute Gasteiger partial charge is 0.330 e. The Morgan fingerprint density at radius 1 is 1.04 bits per heavy atom. The van der Waals surface area contributed by atoms with E-state index in [0.29, 0.717) is 6.42 Å². The number of nitrogens with two attached hydrogens (primary N) is 1. The monoisotopic (exact) mass is 723 g/mol. The van der Waals surface area contributed by atoms with Crippen LogP contribution in [0.4, 0.5) is 4.79 Å². The minimum Gasteiger partial charge on any atom is -0.459 e. The lowest BCUT2D eigenvalue weighted by atomic mass is 9.87. The van der Waals surface area contributed by atoms with Gasteiger partial charge in [-0.1, -0.05) is 48.6 Å². The van der Waals surface area contributed by atoms with E-state index in [0.717, 1.165) is 0 Å². The molecule has 0 aromatic carbocycles. The van der Waals surface area contributed by atoms with E-state index in [1.54, 1.807) is 49.5 Å². The number of ether oxygens (including phenoxy) is 5. The predicted molar refractivity (Wildman–Crippen MR) is 181 cm³/mol. The van der Waals surface area contributed by atoms with Crippen molar-refractivity contribution in [2.24, 2.45) is 5.73 Å². The number of amides is 2. The summed E-state index contributed by atoms with van der Waals surface area (Å²) in [6.07, 6.45) is 6.24. The van der Waals surface area contributed by atoms with Gasteiger partial charge in [-0.2, -0.15) is 0 Å². The molecule has 10 N–H and O–H groups in total. The van der Waals surface area contributed by atoms with Crippen LogP contribution in [0, 0.1) is 0 Å². The molecule has 51 heavy (non-hydrogen) atoms. The number of allylic oxidation sites excluding steroid dienone is 6. The van der Waals surface area contributed by atoms with Crippen LogP contribution >= 0.6 is 0 Å². The molecule has 0 aliphatic carbocycles. The number of urea groups is 1. The lowest BCUT2D eigenvalue weighted by molar-refractivity contribution is -0.298. The third-order valence-electron chi connectivity index (χ3n) is 8.80. The zero-order valence-corrected chi connectivity index (χ0v) is 28.8. The summed E-state index contributed by atoms with van der Waals surface area (Å²) in [6, 6.07) is -2.85. The summed E-state index contributed by atoms with van der Waals surface area (Å²) in [5.41, 5.74) is 5.95. The molecule has 16 heteroatoms. The molecule has 5 unspecified atom stereocenters. The predicted octanol–water partition coefficient (Wildman–Crippen LogP) is -0.921. The fourth-order valence-electron chi connectivity index (χ4n) is 6.06. The van der Waals surface area contributed by atoms with Gasteiger partial charge in [0, 0.05) is 44.7 Å². The summed E-state index contributed by atoms with van der Waals surface area (Å²) in [4.78, 5) is 25.0. The Morgan fingerprint density at radius 2 is 1.76 bits per heavy atom. The Balaban J connectivity index is 1.60. The molecule has 0 aromatic heterocycles. The second-order valence-corrected chi connectivity index (χ2v) is 13.5. The normalized spacial score (nSPS) is 43.5. The number of carbonyl (C=O) groups is 2. The van der Waals surface area contributed by atoms with Crippen LogP contribution in [0.5, 0.6) is 0 Å². The first-order valence-electron chi connectivity index (χ1n) is 17.3. The summed E-state index contributed by atoms with van der Waals surface area (Å²) in [6.45, 7) is 3.01. The van der Waals surface area contributed by atoms with E-state index in [1.807, 2.05) is 12.2 Å². The molecule has 286 valence electrons. The van der Waals surface area contributed by atoms with Crippen LogP contribution in [0.2, 0.25) is 0 Å². The molecule has 14 atom stereocenters. The van der Waals surface area contributed by atoms with Crippen molar-refractivity contribution in [3.8, 4) is 0 Å².